The van der Waals surface area contributed by atoms with Gasteiger partial charge in [-0.25, -0.2) is 5.06 Å². The maximum Gasteiger partial charge on any atom is 0.277 e. The first-order chi connectivity index (χ1) is 10.0. The first-order valence-electron chi connectivity index (χ1n) is 6.83. The van der Waals surface area contributed by atoms with Gasteiger partial charge in [-0.2, -0.15) is 0 Å². The third kappa shape index (κ3) is 2.67. The Kier molecular flexibility index (Phi) is 4.37. The second-order valence-corrected chi connectivity index (χ2v) is 4.86. The minimum absolute atomic E-state index is 0.284. The summed E-state index contributed by atoms with van der Waals surface area (Å²) in [5, 5.41) is 1.07. The minimum atomic E-state index is -0.368. The first-order valence-corrected chi connectivity index (χ1v) is 6.83. The van der Waals surface area contributed by atoms with E-state index in [2.05, 4.69) is 0 Å². The van der Waals surface area contributed by atoms with Gasteiger partial charge in [0, 0.05) is 19.2 Å². The van der Waals surface area contributed by atoms with Gasteiger partial charge in [0.15, 0.2) is 0 Å². The lowest BCUT2D eigenvalue weighted by molar-refractivity contribution is -0.0757. The predicted octanol–water partition coefficient (Wildman–Crippen LogP) is 1.72. The summed E-state index contributed by atoms with van der Waals surface area (Å²) >= 11 is 0. The summed E-state index contributed by atoms with van der Waals surface area (Å²) in [6, 6.07) is 4.52. The Morgan fingerprint density at radius 1 is 1.24 bits per heavy atom. The summed E-state index contributed by atoms with van der Waals surface area (Å²) in [4.78, 5) is 42.5. The molecule has 0 atom stereocenters. The number of fused-ring (bicyclic) bond motifs is 1. The number of rotatable bonds is 5. The molecule has 0 radical (unpaired) electrons. The van der Waals surface area contributed by atoms with Crippen molar-refractivity contribution >= 4 is 17.7 Å². The second kappa shape index (κ2) is 6.05. The molecule has 6 nitrogen and oxygen atoms in total. The molecule has 1 aliphatic heterocycles. The van der Waals surface area contributed by atoms with Crippen LogP contribution in [0.4, 0.5) is 0 Å². The fraction of sp³-hybridized carbons (Fsp3) is 0.400. The molecular formula is C15H18N2O4. The molecule has 1 heterocycles. The molecule has 0 N–H and O–H groups in total. The highest BCUT2D eigenvalue weighted by molar-refractivity contribution is 6.22. The molecule has 0 spiro atoms. The van der Waals surface area contributed by atoms with Crippen LogP contribution in [0.15, 0.2) is 18.2 Å². The van der Waals surface area contributed by atoms with Crippen molar-refractivity contribution in [3.8, 4) is 0 Å². The van der Waals surface area contributed by atoms with E-state index in [-0.39, 0.29) is 23.3 Å². The molecule has 6 heteroatoms. The summed E-state index contributed by atoms with van der Waals surface area (Å²) < 4.78 is 0. The molecule has 112 valence electrons. The average Bonchev–Trinajstić information content (AvgIpc) is 2.75. The van der Waals surface area contributed by atoms with Gasteiger partial charge in [0.05, 0.1) is 18.2 Å². The lowest BCUT2D eigenvalue weighted by Gasteiger charge is -2.13. The molecule has 1 aromatic rings. The molecule has 0 saturated heterocycles. The average molecular weight is 290 g/mol. The van der Waals surface area contributed by atoms with Gasteiger partial charge in [-0.05, 0) is 24.6 Å². The fourth-order valence-electron chi connectivity index (χ4n) is 2.21. The molecule has 0 aromatic heterocycles. The number of imide groups is 1. The van der Waals surface area contributed by atoms with Crippen molar-refractivity contribution < 1.29 is 19.2 Å². The van der Waals surface area contributed by atoms with Crippen LogP contribution in [0.5, 0.6) is 0 Å². The van der Waals surface area contributed by atoms with E-state index in [0.717, 1.165) is 17.9 Å². The van der Waals surface area contributed by atoms with Gasteiger partial charge < -0.3 is 0 Å². The zero-order chi connectivity index (χ0) is 15.6. The van der Waals surface area contributed by atoms with Crippen molar-refractivity contribution in [2.75, 3.05) is 20.7 Å². The third-order valence-electron chi connectivity index (χ3n) is 3.51. The molecule has 0 fully saturated rings. The minimum Gasteiger partial charge on any atom is -0.274 e. The zero-order valence-electron chi connectivity index (χ0n) is 12.4. The number of nitrogens with zero attached hydrogens (tertiary/aromatic N) is 2. The van der Waals surface area contributed by atoms with Crippen LogP contribution >= 0.6 is 0 Å². The number of hydrogen-bond acceptors (Lipinski definition) is 4. The van der Waals surface area contributed by atoms with Gasteiger partial charge in [0.1, 0.15) is 0 Å². The normalized spacial score (nSPS) is 13.6. The van der Waals surface area contributed by atoms with E-state index in [1.54, 1.807) is 0 Å². The summed E-state index contributed by atoms with van der Waals surface area (Å²) in [7, 11) is 2.86. The third-order valence-corrected chi connectivity index (χ3v) is 3.51. The van der Waals surface area contributed by atoms with Gasteiger partial charge in [-0.15, -0.1) is 0 Å². The van der Waals surface area contributed by atoms with E-state index >= 15 is 0 Å². The Morgan fingerprint density at radius 2 is 1.90 bits per heavy atom. The number of benzene rings is 1. The van der Waals surface area contributed by atoms with Crippen molar-refractivity contribution in [1.82, 2.24) is 9.96 Å². The van der Waals surface area contributed by atoms with Crippen LogP contribution in [0.2, 0.25) is 0 Å². The lowest BCUT2D eigenvalue weighted by Crippen LogP contribution is -2.30. The molecule has 0 unspecified atom stereocenters. The van der Waals surface area contributed by atoms with E-state index in [1.807, 2.05) is 6.92 Å². The number of unbranched alkanes of at least 4 members (excludes halogenated alkanes) is 1. The smallest absolute Gasteiger partial charge is 0.274 e. The van der Waals surface area contributed by atoms with E-state index < -0.39 is 0 Å². The largest absolute Gasteiger partial charge is 0.277 e. The highest BCUT2D eigenvalue weighted by atomic mass is 16.7. The molecular weight excluding hydrogens is 272 g/mol. The van der Waals surface area contributed by atoms with E-state index in [9.17, 15) is 14.4 Å². The number of carbonyl (C=O) groups is 3. The standard InChI is InChI=1S/C15H18N2O4/c1-4-5-8-17-14(19)11-7-6-10(9-12(11)15(17)20)13(18)16(2)21-3/h6-7,9H,4-5,8H2,1-3H3. The Hall–Kier alpha value is -2.21. The first kappa shape index (κ1) is 15.2. The SMILES string of the molecule is CCCCN1C(=O)c2ccc(C(=O)N(C)OC)cc2C1=O. The summed E-state index contributed by atoms with van der Waals surface area (Å²) in [6.45, 7) is 2.40. The van der Waals surface area contributed by atoms with Gasteiger partial charge >= 0.3 is 0 Å². The highest BCUT2D eigenvalue weighted by Crippen LogP contribution is 2.24. The topological polar surface area (TPSA) is 66.9 Å². The van der Waals surface area contributed by atoms with Gasteiger partial charge in [0.25, 0.3) is 17.7 Å². The molecule has 0 aliphatic carbocycles. The second-order valence-electron chi connectivity index (χ2n) is 4.86. The molecule has 2 rings (SSSR count). The van der Waals surface area contributed by atoms with Crippen LogP contribution in [-0.4, -0.2) is 48.4 Å². The van der Waals surface area contributed by atoms with Crippen LogP contribution in [0.25, 0.3) is 0 Å². The highest BCUT2D eigenvalue weighted by Gasteiger charge is 2.35. The lowest BCUT2D eigenvalue weighted by atomic mass is 10.1. The zero-order valence-corrected chi connectivity index (χ0v) is 12.4. The van der Waals surface area contributed by atoms with Crippen molar-refractivity contribution in [2.45, 2.75) is 19.8 Å². The van der Waals surface area contributed by atoms with Crippen molar-refractivity contribution in [3.05, 3.63) is 34.9 Å². The van der Waals surface area contributed by atoms with Crippen LogP contribution in [0.1, 0.15) is 50.8 Å². The van der Waals surface area contributed by atoms with Crippen molar-refractivity contribution in [2.24, 2.45) is 0 Å². The summed E-state index contributed by atoms with van der Waals surface area (Å²) in [5.41, 5.74) is 0.954. The van der Waals surface area contributed by atoms with Crippen LogP contribution < -0.4 is 0 Å². The number of hydrogen-bond donors (Lipinski definition) is 0. The molecule has 3 amide bonds. The van der Waals surface area contributed by atoms with Gasteiger partial charge in [-0.1, -0.05) is 13.3 Å². The summed E-state index contributed by atoms with van der Waals surface area (Å²) in [6.07, 6.45) is 1.67. The maximum atomic E-state index is 12.3. The van der Waals surface area contributed by atoms with E-state index in [0.29, 0.717) is 17.7 Å². The number of carbonyl (C=O) groups excluding carboxylic acids is 3. The molecule has 1 aromatic carbocycles. The Bertz CT molecular complexity index is 597. The molecule has 0 saturated carbocycles. The Morgan fingerprint density at radius 3 is 2.52 bits per heavy atom. The van der Waals surface area contributed by atoms with Crippen molar-refractivity contribution in [3.63, 3.8) is 0 Å². The summed E-state index contributed by atoms with van der Waals surface area (Å²) in [5.74, 6) is -0.992. The Balaban J connectivity index is 2.31. The number of hydroxylamine groups is 2. The van der Waals surface area contributed by atoms with E-state index in [1.165, 1.54) is 37.3 Å². The van der Waals surface area contributed by atoms with Crippen LogP contribution in [0, 0.1) is 0 Å². The fourth-order valence-corrected chi connectivity index (χ4v) is 2.21. The maximum absolute atomic E-state index is 12.3. The molecule has 1 aliphatic rings. The monoisotopic (exact) mass is 290 g/mol. The van der Waals surface area contributed by atoms with Crippen LogP contribution in [0.3, 0.4) is 0 Å². The molecule has 21 heavy (non-hydrogen) atoms. The van der Waals surface area contributed by atoms with Gasteiger partial charge in [0.2, 0.25) is 0 Å². The molecule has 0 bridgehead atoms. The number of amides is 3. The van der Waals surface area contributed by atoms with Crippen molar-refractivity contribution in [1.29, 1.82) is 0 Å². The van der Waals surface area contributed by atoms with Crippen LogP contribution in [-0.2, 0) is 4.84 Å². The Labute approximate surface area is 123 Å². The van der Waals surface area contributed by atoms with Gasteiger partial charge in [-0.3, -0.25) is 24.1 Å². The quantitative estimate of drug-likeness (QED) is 0.611. The predicted molar refractivity (Wildman–Crippen MR) is 75.8 cm³/mol. The van der Waals surface area contributed by atoms with E-state index in [4.69, 9.17) is 4.84 Å².